The van der Waals surface area contributed by atoms with Crippen LogP contribution in [0, 0.1) is 5.82 Å². The molecular weight excluding hydrogens is 187 g/mol. The van der Waals surface area contributed by atoms with Crippen LogP contribution in [0.1, 0.15) is 12.8 Å². The van der Waals surface area contributed by atoms with Crippen LogP contribution in [-0.4, -0.2) is 22.6 Å². The molecular formula is C9H11FN2O2. The van der Waals surface area contributed by atoms with Crippen molar-refractivity contribution in [3.8, 4) is 0 Å². The summed E-state index contributed by atoms with van der Waals surface area (Å²) in [4.78, 5) is 13.9. The maximum atomic E-state index is 12.9. The van der Waals surface area contributed by atoms with E-state index in [-0.39, 0.29) is 12.2 Å². The fraction of sp³-hybridized carbons (Fsp3) is 0.333. The molecule has 0 unspecified atom stereocenters. The lowest BCUT2D eigenvalue weighted by Crippen LogP contribution is -2.07. The maximum Gasteiger partial charge on any atom is 0.303 e. The number of aliphatic carboxylic acids is 1. The SMILES string of the molecule is O=C(O)CCCNc1ncccc1F. The number of carboxylic acids is 1. The highest BCUT2D eigenvalue weighted by Crippen LogP contribution is 2.08. The van der Waals surface area contributed by atoms with Gasteiger partial charge in [0.1, 0.15) is 0 Å². The van der Waals surface area contributed by atoms with Gasteiger partial charge in [-0.3, -0.25) is 4.79 Å². The molecule has 0 fully saturated rings. The molecule has 1 aromatic heterocycles. The quantitative estimate of drug-likeness (QED) is 0.704. The van der Waals surface area contributed by atoms with Crippen LogP contribution in [0.3, 0.4) is 0 Å². The molecule has 0 saturated carbocycles. The van der Waals surface area contributed by atoms with E-state index in [1.54, 1.807) is 0 Å². The molecule has 0 radical (unpaired) electrons. The van der Waals surface area contributed by atoms with Crippen LogP contribution in [0.2, 0.25) is 0 Å². The van der Waals surface area contributed by atoms with Gasteiger partial charge in [-0.25, -0.2) is 9.37 Å². The molecule has 5 heteroatoms. The van der Waals surface area contributed by atoms with Crippen LogP contribution in [0.15, 0.2) is 18.3 Å². The standard InChI is InChI=1S/C9H11FN2O2/c10-7-3-1-5-11-9(7)12-6-2-4-8(13)14/h1,3,5H,2,4,6H2,(H,11,12)(H,13,14). The van der Waals surface area contributed by atoms with E-state index in [0.29, 0.717) is 13.0 Å². The maximum absolute atomic E-state index is 12.9. The number of rotatable bonds is 5. The van der Waals surface area contributed by atoms with E-state index in [2.05, 4.69) is 10.3 Å². The van der Waals surface area contributed by atoms with Gasteiger partial charge in [0.2, 0.25) is 0 Å². The fourth-order valence-electron chi connectivity index (χ4n) is 0.962. The summed E-state index contributed by atoms with van der Waals surface area (Å²) in [6.07, 6.45) is 2.00. The molecule has 1 heterocycles. The Morgan fingerprint density at radius 2 is 2.43 bits per heavy atom. The Morgan fingerprint density at radius 1 is 1.64 bits per heavy atom. The lowest BCUT2D eigenvalue weighted by Gasteiger charge is -2.04. The molecule has 0 aliphatic heterocycles. The summed E-state index contributed by atoms with van der Waals surface area (Å²) in [6.45, 7) is 0.403. The summed E-state index contributed by atoms with van der Waals surface area (Å²) >= 11 is 0. The van der Waals surface area contributed by atoms with E-state index in [0.717, 1.165) is 0 Å². The first-order chi connectivity index (χ1) is 6.70. The van der Waals surface area contributed by atoms with E-state index in [1.165, 1.54) is 18.3 Å². The van der Waals surface area contributed by atoms with E-state index < -0.39 is 11.8 Å². The first kappa shape index (κ1) is 10.4. The van der Waals surface area contributed by atoms with Crippen molar-refractivity contribution >= 4 is 11.8 Å². The summed E-state index contributed by atoms with van der Waals surface area (Å²) in [6, 6.07) is 2.80. The summed E-state index contributed by atoms with van der Waals surface area (Å²) in [5.74, 6) is -1.12. The number of anilines is 1. The van der Waals surface area contributed by atoms with Gasteiger partial charge in [-0.05, 0) is 18.6 Å². The highest BCUT2D eigenvalue weighted by atomic mass is 19.1. The number of carbonyl (C=O) groups is 1. The van der Waals surface area contributed by atoms with Gasteiger partial charge in [0, 0.05) is 19.2 Å². The zero-order chi connectivity index (χ0) is 10.4. The Morgan fingerprint density at radius 3 is 3.07 bits per heavy atom. The second-order valence-corrected chi connectivity index (χ2v) is 2.76. The van der Waals surface area contributed by atoms with Crippen LogP contribution in [0.5, 0.6) is 0 Å². The molecule has 0 saturated heterocycles. The average Bonchev–Trinajstić information content (AvgIpc) is 2.15. The van der Waals surface area contributed by atoms with Crippen LogP contribution in [-0.2, 0) is 4.79 Å². The molecule has 0 spiro atoms. The molecule has 14 heavy (non-hydrogen) atoms. The lowest BCUT2D eigenvalue weighted by atomic mass is 10.3. The van der Waals surface area contributed by atoms with Gasteiger partial charge in [0.25, 0.3) is 0 Å². The summed E-state index contributed by atoms with van der Waals surface area (Å²) < 4.78 is 12.9. The van der Waals surface area contributed by atoms with Gasteiger partial charge in [-0.15, -0.1) is 0 Å². The molecule has 0 aliphatic carbocycles. The highest BCUT2D eigenvalue weighted by Gasteiger charge is 2.01. The number of nitrogens with one attached hydrogen (secondary N) is 1. The fourth-order valence-corrected chi connectivity index (χ4v) is 0.962. The monoisotopic (exact) mass is 198 g/mol. The molecule has 0 aliphatic rings. The van der Waals surface area contributed by atoms with Crippen molar-refractivity contribution < 1.29 is 14.3 Å². The summed E-state index contributed by atoms with van der Waals surface area (Å²) in [7, 11) is 0. The first-order valence-electron chi connectivity index (χ1n) is 4.26. The third-order valence-corrected chi connectivity index (χ3v) is 1.62. The van der Waals surface area contributed by atoms with E-state index in [1.807, 2.05) is 0 Å². The van der Waals surface area contributed by atoms with Gasteiger partial charge >= 0.3 is 5.97 Å². The zero-order valence-electron chi connectivity index (χ0n) is 7.53. The molecule has 4 nitrogen and oxygen atoms in total. The molecule has 0 aromatic carbocycles. The van der Waals surface area contributed by atoms with E-state index in [9.17, 15) is 9.18 Å². The smallest absolute Gasteiger partial charge is 0.303 e. The number of hydrogen-bond donors (Lipinski definition) is 2. The predicted molar refractivity (Wildman–Crippen MR) is 49.6 cm³/mol. The predicted octanol–water partition coefficient (Wildman–Crippen LogP) is 1.50. The Balaban J connectivity index is 2.31. The van der Waals surface area contributed by atoms with Crippen molar-refractivity contribution in [2.75, 3.05) is 11.9 Å². The third kappa shape index (κ3) is 3.38. The van der Waals surface area contributed by atoms with Crippen molar-refractivity contribution in [1.82, 2.24) is 4.98 Å². The Hall–Kier alpha value is -1.65. The second kappa shape index (κ2) is 5.16. The van der Waals surface area contributed by atoms with Gasteiger partial charge in [0.05, 0.1) is 0 Å². The summed E-state index contributed by atoms with van der Waals surface area (Å²) in [5.41, 5.74) is 0. The van der Waals surface area contributed by atoms with Crippen molar-refractivity contribution in [1.29, 1.82) is 0 Å². The van der Waals surface area contributed by atoms with Crippen molar-refractivity contribution in [2.45, 2.75) is 12.8 Å². The van der Waals surface area contributed by atoms with Gasteiger partial charge in [-0.2, -0.15) is 0 Å². The van der Waals surface area contributed by atoms with Gasteiger partial charge in [-0.1, -0.05) is 0 Å². The minimum Gasteiger partial charge on any atom is -0.481 e. The van der Waals surface area contributed by atoms with Gasteiger partial charge < -0.3 is 10.4 Å². The van der Waals surface area contributed by atoms with Crippen LogP contribution < -0.4 is 5.32 Å². The second-order valence-electron chi connectivity index (χ2n) is 2.76. The number of hydrogen-bond acceptors (Lipinski definition) is 3. The number of aromatic nitrogens is 1. The minimum atomic E-state index is -0.853. The average molecular weight is 198 g/mol. The van der Waals surface area contributed by atoms with Crippen molar-refractivity contribution in [3.05, 3.63) is 24.1 Å². The molecule has 0 atom stereocenters. The molecule has 76 valence electrons. The van der Waals surface area contributed by atoms with Crippen LogP contribution in [0.4, 0.5) is 10.2 Å². The first-order valence-corrected chi connectivity index (χ1v) is 4.26. The largest absolute Gasteiger partial charge is 0.481 e. The zero-order valence-corrected chi connectivity index (χ0v) is 7.53. The Bertz CT molecular complexity index is 317. The number of carboxylic acid groups (broad SMARTS) is 1. The number of halogens is 1. The van der Waals surface area contributed by atoms with Crippen molar-refractivity contribution in [2.24, 2.45) is 0 Å². The molecule has 0 amide bonds. The normalized spacial score (nSPS) is 9.79. The molecule has 2 N–H and O–H groups in total. The van der Waals surface area contributed by atoms with Gasteiger partial charge in [0.15, 0.2) is 11.6 Å². The van der Waals surface area contributed by atoms with E-state index in [4.69, 9.17) is 5.11 Å². The highest BCUT2D eigenvalue weighted by molar-refractivity contribution is 5.66. The third-order valence-electron chi connectivity index (χ3n) is 1.62. The number of pyridine rings is 1. The molecule has 1 aromatic rings. The Kier molecular flexibility index (Phi) is 3.84. The van der Waals surface area contributed by atoms with Crippen LogP contribution in [0.25, 0.3) is 0 Å². The lowest BCUT2D eigenvalue weighted by molar-refractivity contribution is -0.137. The van der Waals surface area contributed by atoms with Crippen molar-refractivity contribution in [3.63, 3.8) is 0 Å². The number of nitrogens with zero attached hydrogens (tertiary/aromatic N) is 1. The van der Waals surface area contributed by atoms with Crippen LogP contribution >= 0.6 is 0 Å². The topological polar surface area (TPSA) is 62.2 Å². The Labute approximate surface area is 80.8 Å². The summed E-state index contributed by atoms with van der Waals surface area (Å²) in [5, 5.41) is 11.1. The van der Waals surface area contributed by atoms with E-state index >= 15 is 0 Å². The molecule has 0 bridgehead atoms. The minimum absolute atomic E-state index is 0.0709. The molecule has 1 rings (SSSR count).